The Balaban J connectivity index is 1.90. The molecule has 0 saturated heterocycles. The maximum absolute atomic E-state index is 12.9. The summed E-state index contributed by atoms with van der Waals surface area (Å²) in [6.07, 6.45) is -2.94. The molecule has 4 nitrogen and oxygen atoms in total. The minimum atomic E-state index is -4.37. The van der Waals surface area contributed by atoms with Crippen molar-refractivity contribution < 1.29 is 17.9 Å². The van der Waals surface area contributed by atoms with Gasteiger partial charge in [-0.15, -0.1) is 0 Å². The van der Waals surface area contributed by atoms with E-state index in [-0.39, 0.29) is 0 Å². The van der Waals surface area contributed by atoms with Crippen LogP contribution in [0.5, 0.6) is 5.75 Å². The van der Waals surface area contributed by atoms with Gasteiger partial charge in [-0.2, -0.15) is 18.3 Å². The molecule has 0 saturated carbocycles. The average Bonchev–Trinajstić information content (AvgIpc) is 3.22. The first kappa shape index (κ1) is 16.6. The van der Waals surface area contributed by atoms with Crippen LogP contribution in [-0.4, -0.2) is 21.7 Å². The van der Waals surface area contributed by atoms with Gasteiger partial charge in [-0.3, -0.25) is 0 Å². The number of nitrogens with zero attached hydrogens (tertiary/aromatic N) is 3. The maximum Gasteiger partial charge on any atom is 0.416 e. The van der Waals surface area contributed by atoms with E-state index >= 15 is 0 Å². The molecule has 0 aliphatic rings. The van der Waals surface area contributed by atoms with E-state index in [9.17, 15) is 13.2 Å². The summed E-state index contributed by atoms with van der Waals surface area (Å²) < 4.78 is 45.5. The van der Waals surface area contributed by atoms with Crippen LogP contribution >= 0.6 is 11.3 Å². The Labute approximate surface area is 150 Å². The van der Waals surface area contributed by atoms with E-state index in [0.717, 1.165) is 22.6 Å². The molecule has 0 aliphatic heterocycles. The molecule has 4 aromatic rings. The van der Waals surface area contributed by atoms with Gasteiger partial charge in [0.05, 0.1) is 23.2 Å². The molecule has 8 heteroatoms. The standard InChI is InChI=1S/C18H12F3N3OS/c1-25-14-4-2-3-12(9-14)16-15(24-17(26-16)22-10-23-24)11-5-7-13(8-6-11)18(19,20)21/h2-10H,1H3. The number of halogens is 3. The van der Waals surface area contributed by atoms with E-state index in [2.05, 4.69) is 10.1 Å². The molecule has 0 amide bonds. The zero-order chi connectivity index (χ0) is 18.3. The molecular formula is C18H12F3N3OS. The first-order chi connectivity index (χ1) is 12.5. The highest BCUT2D eigenvalue weighted by Gasteiger charge is 2.30. The molecule has 0 fully saturated rings. The van der Waals surface area contributed by atoms with Gasteiger partial charge in [-0.25, -0.2) is 9.50 Å². The highest BCUT2D eigenvalue weighted by atomic mass is 32.1. The van der Waals surface area contributed by atoms with Gasteiger partial charge >= 0.3 is 6.18 Å². The number of benzene rings is 2. The molecule has 0 radical (unpaired) electrons. The van der Waals surface area contributed by atoms with Crippen molar-refractivity contribution in [2.45, 2.75) is 6.18 Å². The number of thiazole rings is 1. The van der Waals surface area contributed by atoms with Crippen molar-refractivity contribution in [1.29, 1.82) is 0 Å². The second-order valence-electron chi connectivity index (χ2n) is 5.54. The number of hydrogen-bond donors (Lipinski definition) is 0. The molecular weight excluding hydrogens is 363 g/mol. The molecule has 2 heterocycles. The number of ether oxygens (including phenoxy) is 1. The molecule has 2 aromatic carbocycles. The van der Waals surface area contributed by atoms with E-state index in [4.69, 9.17) is 4.74 Å². The molecule has 0 atom stereocenters. The third-order valence-corrected chi connectivity index (χ3v) is 5.05. The topological polar surface area (TPSA) is 39.4 Å². The smallest absolute Gasteiger partial charge is 0.416 e. The summed E-state index contributed by atoms with van der Waals surface area (Å²) in [6.45, 7) is 0. The van der Waals surface area contributed by atoms with E-state index < -0.39 is 11.7 Å². The number of fused-ring (bicyclic) bond motifs is 1. The van der Waals surface area contributed by atoms with Crippen LogP contribution in [0.25, 0.3) is 26.7 Å². The lowest BCUT2D eigenvalue weighted by Gasteiger charge is -2.09. The second kappa shape index (κ2) is 6.14. The summed E-state index contributed by atoms with van der Waals surface area (Å²) in [5, 5.41) is 4.22. The fourth-order valence-electron chi connectivity index (χ4n) is 2.72. The van der Waals surface area contributed by atoms with Crippen molar-refractivity contribution in [2.24, 2.45) is 0 Å². The minimum absolute atomic E-state index is 0.632. The lowest BCUT2D eigenvalue weighted by atomic mass is 10.0. The number of methoxy groups -OCH3 is 1. The Morgan fingerprint density at radius 3 is 2.50 bits per heavy atom. The predicted octanol–water partition coefficient (Wildman–Crippen LogP) is 5.15. The SMILES string of the molecule is COc1cccc(-c2sc3ncnn3c2-c2ccc(C(F)(F)F)cc2)c1. The highest BCUT2D eigenvalue weighted by Crippen LogP contribution is 2.40. The zero-order valence-corrected chi connectivity index (χ0v) is 14.3. The average molecular weight is 375 g/mol. The van der Waals surface area contributed by atoms with Gasteiger partial charge in [-0.05, 0) is 29.8 Å². The summed E-state index contributed by atoms with van der Waals surface area (Å²) in [4.78, 5) is 5.73. The van der Waals surface area contributed by atoms with E-state index in [1.54, 1.807) is 11.6 Å². The van der Waals surface area contributed by atoms with Crippen LogP contribution in [0.4, 0.5) is 13.2 Å². The lowest BCUT2D eigenvalue weighted by molar-refractivity contribution is -0.137. The van der Waals surface area contributed by atoms with Gasteiger partial charge < -0.3 is 4.74 Å². The van der Waals surface area contributed by atoms with E-state index in [1.165, 1.54) is 29.8 Å². The third-order valence-electron chi connectivity index (χ3n) is 3.95. The summed E-state index contributed by atoms with van der Waals surface area (Å²) in [7, 11) is 1.58. The van der Waals surface area contributed by atoms with Gasteiger partial charge in [0.15, 0.2) is 0 Å². The number of hydrogen-bond acceptors (Lipinski definition) is 4. The minimum Gasteiger partial charge on any atom is -0.497 e. The molecule has 0 spiro atoms. The van der Waals surface area contributed by atoms with Gasteiger partial charge in [0.2, 0.25) is 4.96 Å². The molecule has 26 heavy (non-hydrogen) atoms. The molecule has 0 unspecified atom stereocenters. The Bertz CT molecular complexity index is 1070. The van der Waals surface area contributed by atoms with Crippen molar-refractivity contribution in [2.75, 3.05) is 7.11 Å². The second-order valence-corrected chi connectivity index (χ2v) is 6.52. The summed E-state index contributed by atoms with van der Waals surface area (Å²) in [5.74, 6) is 0.694. The van der Waals surface area contributed by atoms with Crippen LogP contribution < -0.4 is 4.74 Å². The molecule has 0 N–H and O–H groups in total. The Morgan fingerprint density at radius 2 is 1.81 bits per heavy atom. The van der Waals surface area contributed by atoms with Gasteiger partial charge in [0.1, 0.15) is 12.1 Å². The fraction of sp³-hybridized carbons (Fsp3) is 0.111. The Kier molecular flexibility index (Phi) is 3.91. The fourth-order valence-corrected chi connectivity index (χ4v) is 3.77. The van der Waals surface area contributed by atoms with Gasteiger partial charge in [0, 0.05) is 5.56 Å². The van der Waals surface area contributed by atoms with Crippen molar-refractivity contribution >= 4 is 16.3 Å². The van der Waals surface area contributed by atoms with Crippen LogP contribution in [-0.2, 0) is 6.18 Å². The molecule has 132 valence electrons. The van der Waals surface area contributed by atoms with Crippen LogP contribution in [0.3, 0.4) is 0 Å². The highest BCUT2D eigenvalue weighted by molar-refractivity contribution is 7.20. The van der Waals surface area contributed by atoms with Crippen molar-refractivity contribution in [3.63, 3.8) is 0 Å². The molecule has 4 rings (SSSR count). The largest absolute Gasteiger partial charge is 0.497 e. The Morgan fingerprint density at radius 1 is 1.04 bits per heavy atom. The summed E-state index contributed by atoms with van der Waals surface area (Å²) in [6, 6.07) is 12.5. The van der Waals surface area contributed by atoms with Gasteiger partial charge in [-0.1, -0.05) is 35.6 Å². The van der Waals surface area contributed by atoms with Crippen LogP contribution in [0, 0.1) is 0 Å². The van der Waals surface area contributed by atoms with Crippen molar-refractivity contribution in [3.05, 3.63) is 60.4 Å². The monoisotopic (exact) mass is 375 g/mol. The Hall–Kier alpha value is -2.87. The number of aromatic nitrogens is 3. The first-order valence-electron chi connectivity index (χ1n) is 7.62. The number of rotatable bonds is 3. The van der Waals surface area contributed by atoms with Crippen LogP contribution in [0.2, 0.25) is 0 Å². The van der Waals surface area contributed by atoms with Crippen LogP contribution in [0.1, 0.15) is 5.56 Å². The normalized spacial score (nSPS) is 11.8. The van der Waals surface area contributed by atoms with Crippen LogP contribution in [0.15, 0.2) is 54.9 Å². The summed E-state index contributed by atoms with van der Waals surface area (Å²) in [5.41, 5.74) is 1.53. The quantitative estimate of drug-likeness (QED) is 0.497. The number of alkyl halides is 3. The van der Waals surface area contributed by atoms with E-state index in [0.29, 0.717) is 22.0 Å². The third kappa shape index (κ3) is 2.82. The van der Waals surface area contributed by atoms with Crippen molar-refractivity contribution in [1.82, 2.24) is 14.6 Å². The lowest BCUT2D eigenvalue weighted by Crippen LogP contribution is -2.04. The van der Waals surface area contributed by atoms with E-state index in [1.807, 2.05) is 24.3 Å². The maximum atomic E-state index is 12.9. The molecule has 0 bridgehead atoms. The van der Waals surface area contributed by atoms with Crippen molar-refractivity contribution in [3.8, 4) is 27.4 Å². The zero-order valence-electron chi connectivity index (χ0n) is 13.5. The molecule has 2 aromatic heterocycles. The molecule has 0 aliphatic carbocycles. The van der Waals surface area contributed by atoms with Gasteiger partial charge in [0.25, 0.3) is 0 Å². The summed E-state index contributed by atoms with van der Waals surface area (Å²) >= 11 is 1.42. The predicted molar refractivity (Wildman–Crippen MR) is 93.3 cm³/mol. The first-order valence-corrected chi connectivity index (χ1v) is 8.43.